The van der Waals surface area contributed by atoms with Crippen LogP contribution in [0.5, 0.6) is 0 Å². The Morgan fingerprint density at radius 2 is 1.84 bits per heavy atom. The fraction of sp³-hybridized carbons (Fsp3) is 0.471. The Bertz CT molecular complexity index is 641. The largest absolute Gasteiger partial charge is 0.481 e. The van der Waals surface area contributed by atoms with Gasteiger partial charge in [-0.05, 0) is 19.2 Å². The Hall–Kier alpha value is -2.45. The van der Waals surface area contributed by atoms with Crippen LogP contribution in [0.2, 0.25) is 0 Å². The zero-order valence-electron chi connectivity index (χ0n) is 14.3. The Balaban J connectivity index is 1.96. The molecule has 0 spiro atoms. The van der Waals surface area contributed by atoms with Crippen LogP contribution in [0.4, 0.5) is 5.69 Å². The van der Waals surface area contributed by atoms with Gasteiger partial charge in [0.2, 0.25) is 5.91 Å². The predicted octanol–water partition coefficient (Wildman–Crippen LogP) is 0.0623. The minimum absolute atomic E-state index is 0.158. The number of anilines is 1. The van der Waals surface area contributed by atoms with Crippen LogP contribution in [0.15, 0.2) is 24.3 Å². The standard InChI is InChI=1S/C17H24N4O4/c1-20-6-8-21(9-7-20)11-12(17(24)25)10-15(22)19-14-5-3-2-4-13(14)16(18)23/h2-5,12H,6-11H2,1H3,(H2,18,23)(H,19,22)(H,24,25). The molecule has 0 saturated carbocycles. The lowest BCUT2D eigenvalue weighted by Gasteiger charge is -2.33. The van der Waals surface area contributed by atoms with Crippen LogP contribution in [-0.2, 0) is 9.59 Å². The van der Waals surface area contributed by atoms with Crippen molar-refractivity contribution in [3.05, 3.63) is 29.8 Å². The Labute approximate surface area is 146 Å². The smallest absolute Gasteiger partial charge is 0.308 e. The quantitative estimate of drug-likeness (QED) is 0.642. The van der Waals surface area contributed by atoms with Crippen LogP contribution in [0, 0.1) is 5.92 Å². The summed E-state index contributed by atoms with van der Waals surface area (Å²) in [6, 6.07) is 6.38. The first-order chi connectivity index (χ1) is 11.9. The van der Waals surface area contributed by atoms with Crippen molar-refractivity contribution < 1.29 is 19.5 Å². The molecule has 0 aromatic heterocycles. The number of nitrogens with one attached hydrogen (secondary N) is 1. The van der Waals surface area contributed by atoms with E-state index in [1.807, 2.05) is 7.05 Å². The van der Waals surface area contributed by atoms with Gasteiger partial charge in [-0.25, -0.2) is 0 Å². The highest BCUT2D eigenvalue weighted by Crippen LogP contribution is 2.16. The third kappa shape index (κ3) is 5.54. The molecular formula is C17H24N4O4. The predicted molar refractivity (Wildman–Crippen MR) is 93.3 cm³/mol. The molecule has 2 amide bonds. The lowest BCUT2D eigenvalue weighted by molar-refractivity contribution is -0.144. The SMILES string of the molecule is CN1CCN(CC(CC(=O)Nc2ccccc2C(N)=O)C(=O)O)CC1. The number of carbonyl (C=O) groups is 3. The minimum Gasteiger partial charge on any atom is -0.481 e. The molecule has 136 valence electrons. The molecule has 25 heavy (non-hydrogen) atoms. The molecule has 0 bridgehead atoms. The van der Waals surface area contributed by atoms with Crippen molar-refractivity contribution in [2.75, 3.05) is 45.1 Å². The lowest BCUT2D eigenvalue weighted by Crippen LogP contribution is -2.47. The van der Waals surface area contributed by atoms with E-state index < -0.39 is 23.7 Å². The maximum Gasteiger partial charge on any atom is 0.308 e. The molecule has 1 saturated heterocycles. The Morgan fingerprint density at radius 3 is 2.44 bits per heavy atom. The van der Waals surface area contributed by atoms with Gasteiger partial charge in [0.15, 0.2) is 0 Å². The van der Waals surface area contributed by atoms with E-state index in [9.17, 15) is 19.5 Å². The second-order valence-corrected chi connectivity index (χ2v) is 6.30. The van der Waals surface area contributed by atoms with Gasteiger partial charge in [0, 0.05) is 39.1 Å². The van der Waals surface area contributed by atoms with E-state index in [0.29, 0.717) is 12.2 Å². The van der Waals surface area contributed by atoms with Crippen LogP contribution < -0.4 is 11.1 Å². The number of nitrogens with zero attached hydrogens (tertiary/aromatic N) is 2. The second kappa shape index (κ2) is 8.59. The van der Waals surface area contributed by atoms with Gasteiger partial charge >= 0.3 is 5.97 Å². The summed E-state index contributed by atoms with van der Waals surface area (Å²) in [7, 11) is 2.02. The highest BCUT2D eigenvalue weighted by molar-refractivity contribution is 6.03. The molecule has 8 nitrogen and oxygen atoms in total. The van der Waals surface area contributed by atoms with Gasteiger partial charge in [-0.1, -0.05) is 12.1 Å². The van der Waals surface area contributed by atoms with Crippen LogP contribution in [0.1, 0.15) is 16.8 Å². The maximum atomic E-state index is 12.2. The summed E-state index contributed by atoms with van der Waals surface area (Å²) < 4.78 is 0. The lowest BCUT2D eigenvalue weighted by atomic mass is 10.0. The number of rotatable bonds is 7. The van der Waals surface area contributed by atoms with Crippen LogP contribution in [-0.4, -0.2) is 72.5 Å². The summed E-state index contributed by atoms with van der Waals surface area (Å²) in [4.78, 5) is 39.4. The van der Waals surface area contributed by atoms with Crippen molar-refractivity contribution in [2.45, 2.75) is 6.42 Å². The van der Waals surface area contributed by atoms with Crippen molar-refractivity contribution in [1.29, 1.82) is 0 Å². The number of hydrogen-bond acceptors (Lipinski definition) is 5. The van der Waals surface area contributed by atoms with Gasteiger partial charge in [-0.2, -0.15) is 0 Å². The summed E-state index contributed by atoms with van der Waals surface area (Å²) in [5, 5.41) is 12.0. The van der Waals surface area contributed by atoms with E-state index >= 15 is 0 Å². The first kappa shape index (κ1) is 18.9. The second-order valence-electron chi connectivity index (χ2n) is 6.30. The number of piperazine rings is 1. The third-order valence-electron chi connectivity index (χ3n) is 4.32. The monoisotopic (exact) mass is 348 g/mol. The number of aliphatic carboxylic acids is 1. The van der Waals surface area contributed by atoms with Gasteiger partial charge in [0.1, 0.15) is 0 Å². The van der Waals surface area contributed by atoms with Crippen LogP contribution in [0.25, 0.3) is 0 Å². The number of likely N-dealkylation sites (N-methyl/N-ethyl adjacent to an activating group) is 1. The zero-order valence-corrected chi connectivity index (χ0v) is 14.3. The Morgan fingerprint density at radius 1 is 1.20 bits per heavy atom. The van der Waals surface area contributed by atoms with Crippen molar-refractivity contribution in [3.8, 4) is 0 Å². The van der Waals surface area contributed by atoms with Crippen molar-refractivity contribution in [2.24, 2.45) is 11.7 Å². The average molecular weight is 348 g/mol. The van der Waals surface area contributed by atoms with Gasteiger partial charge in [0.25, 0.3) is 5.91 Å². The van der Waals surface area contributed by atoms with E-state index in [1.165, 1.54) is 6.07 Å². The van der Waals surface area contributed by atoms with Gasteiger partial charge in [-0.3, -0.25) is 19.3 Å². The number of carboxylic acid groups (broad SMARTS) is 1. The fourth-order valence-electron chi connectivity index (χ4n) is 2.80. The van der Waals surface area contributed by atoms with E-state index in [4.69, 9.17) is 5.73 Å². The molecule has 1 atom stereocenters. The number of amides is 2. The Kier molecular flexibility index (Phi) is 6.49. The summed E-state index contributed by atoms with van der Waals surface area (Å²) in [5.41, 5.74) is 5.77. The number of carboxylic acids is 1. The van der Waals surface area contributed by atoms with Gasteiger partial charge in [0.05, 0.1) is 17.2 Å². The fourth-order valence-corrected chi connectivity index (χ4v) is 2.80. The van der Waals surface area contributed by atoms with Gasteiger partial charge < -0.3 is 21.1 Å². The van der Waals surface area contributed by atoms with Crippen LogP contribution >= 0.6 is 0 Å². The van der Waals surface area contributed by atoms with Crippen molar-refractivity contribution in [1.82, 2.24) is 9.80 Å². The zero-order chi connectivity index (χ0) is 18.4. The molecule has 2 rings (SSSR count). The summed E-state index contributed by atoms with van der Waals surface area (Å²) in [5.74, 6) is -2.90. The van der Waals surface area contributed by atoms with Gasteiger partial charge in [-0.15, -0.1) is 0 Å². The highest BCUT2D eigenvalue weighted by Gasteiger charge is 2.26. The number of carbonyl (C=O) groups excluding carboxylic acids is 2. The molecule has 1 aliphatic rings. The van der Waals surface area contributed by atoms with E-state index in [-0.39, 0.29) is 12.0 Å². The number of nitrogens with two attached hydrogens (primary N) is 1. The summed E-state index contributed by atoms with van der Waals surface area (Å²) in [6.45, 7) is 3.65. The molecule has 1 aromatic carbocycles. The number of para-hydroxylation sites is 1. The molecule has 0 aliphatic carbocycles. The highest BCUT2D eigenvalue weighted by atomic mass is 16.4. The number of hydrogen-bond donors (Lipinski definition) is 3. The average Bonchev–Trinajstić information content (AvgIpc) is 2.56. The molecule has 0 radical (unpaired) electrons. The maximum absolute atomic E-state index is 12.2. The van der Waals surface area contributed by atoms with Crippen LogP contribution in [0.3, 0.4) is 0 Å². The molecule has 8 heteroatoms. The molecule has 1 fully saturated rings. The first-order valence-electron chi connectivity index (χ1n) is 8.19. The molecule has 1 aliphatic heterocycles. The number of benzene rings is 1. The molecule has 4 N–H and O–H groups in total. The van der Waals surface area contributed by atoms with Crippen molar-refractivity contribution >= 4 is 23.5 Å². The summed E-state index contributed by atoms with van der Waals surface area (Å²) >= 11 is 0. The van der Waals surface area contributed by atoms with Crippen molar-refractivity contribution in [3.63, 3.8) is 0 Å². The first-order valence-corrected chi connectivity index (χ1v) is 8.19. The summed E-state index contributed by atoms with van der Waals surface area (Å²) in [6.07, 6.45) is -0.158. The molecule has 1 unspecified atom stereocenters. The third-order valence-corrected chi connectivity index (χ3v) is 4.32. The van der Waals surface area contributed by atoms with E-state index in [2.05, 4.69) is 15.1 Å². The van der Waals surface area contributed by atoms with E-state index in [0.717, 1.165) is 26.2 Å². The minimum atomic E-state index is -1.00. The number of primary amides is 1. The molecule has 1 heterocycles. The van der Waals surface area contributed by atoms with E-state index in [1.54, 1.807) is 18.2 Å². The topological polar surface area (TPSA) is 116 Å². The molecule has 1 aromatic rings. The molecular weight excluding hydrogens is 324 g/mol. The normalized spacial score (nSPS) is 17.0.